The molecule has 102 valence electrons. The number of nitrogens with one attached hydrogen (secondary N) is 1. The molecule has 0 bridgehead atoms. The third-order valence-corrected chi connectivity index (χ3v) is 2.13. The Labute approximate surface area is 113 Å². The van der Waals surface area contributed by atoms with E-state index < -0.39 is 11.7 Å². The molecule has 3 nitrogen and oxygen atoms in total. The average Bonchev–Trinajstić information content (AvgIpc) is 2.24. The summed E-state index contributed by atoms with van der Waals surface area (Å²) in [6, 6.07) is 4.40. The van der Waals surface area contributed by atoms with Crippen LogP contribution in [0.25, 0.3) is 0 Å². The SMILES string of the molecule is Cc1cc(F)ccc1C#CCNC(=O)OC(C)(C)C. The van der Waals surface area contributed by atoms with E-state index in [-0.39, 0.29) is 12.4 Å². The summed E-state index contributed by atoms with van der Waals surface area (Å²) in [5.41, 5.74) is 0.988. The van der Waals surface area contributed by atoms with Crippen molar-refractivity contribution in [2.45, 2.75) is 33.3 Å². The molecule has 4 heteroatoms. The Bertz CT molecular complexity index is 521. The van der Waals surface area contributed by atoms with Crippen LogP contribution in [0.3, 0.4) is 0 Å². The smallest absolute Gasteiger partial charge is 0.408 e. The highest BCUT2D eigenvalue weighted by Gasteiger charge is 2.14. The predicted molar refractivity (Wildman–Crippen MR) is 72.3 cm³/mol. The summed E-state index contributed by atoms with van der Waals surface area (Å²) in [6.45, 7) is 7.35. The second kappa shape index (κ2) is 6.24. The van der Waals surface area contributed by atoms with Crippen molar-refractivity contribution in [3.05, 3.63) is 35.1 Å². The summed E-state index contributed by atoms with van der Waals surface area (Å²) in [5, 5.41) is 2.53. The molecular formula is C15H18FNO2. The zero-order valence-corrected chi connectivity index (χ0v) is 11.6. The van der Waals surface area contributed by atoms with Gasteiger partial charge in [-0.25, -0.2) is 9.18 Å². The lowest BCUT2D eigenvalue weighted by molar-refractivity contribution is 0.0535. The maximum atomic E-state index is 12.9. The number of hydrogen-bond acceptors (Lipinski definition) is 2. The van der Waals surface area contributed by atoms with Crippen molar-refractivity contribution in [1.29, 1.82) is 0 Å². The van der Waals surface area contributed by atoms with Crippen molar-refractivity contribution < 1.29 is 13.9 Å². The number of alkyl carbamates (subject to hydrolysis) is 1. The third-order valence-electron chi connectivity index (χ3n) is 2.13. The van der Waals surface area contributed by atoms with Crippen LogP contribution in [0, 0.1) is 24.6 Å². The lowest BCUT2D eigenvalue weighted by Crippen LogP contribution is -2.32. The molecule has 0 fully saturated rings. The van der Waals surface area contributed by atoms with Crippen molar-refractivity contribution in [3.63, 3.8) is 0 Å². The lowest BCUT2D eigenvalue weighted by atomic mass is 10.1. The van der Waals surface area contributed by atoms with Crippen LogP contribution in [0.4, 0.5) is 9.18 Å². The van der Waals surface area contributed by atoms with Gasteiger partial charge >= 0.3 is 6.09 Å². The van der Waals surface area contributed by atoms with Crippen LogP contribution in [-0.4, -0.2) is 18.2 Å². The van der Waals surface area contributed by atoms with Crippen molar-refractivity contribution in [3.8, 4) is 11.8 Å². The molecule has 1 aromatic rings. The second-order valence-electron chi connectivity index (χ2n) is 5.12. The summed E-state index contributed by atoms with van der Waals surface area (Å²) in [4.78, 5) is 11.3. The number of halogens is 1. The minimum Gasteiger partial charge on any atom is -0.444 e. The summed E-state index contributed by atoms with van der Waals surface area (Å²) >= 11 is 0. The number of benzene rings is 1. The molecule has 0 atom stereocenters. The molecule has 1 rings (SSSR count). The Morgan fingerprint density at radius 2 is 2.11 bits per heavy atom. The molecule has 0 unspecified atom stereocenters. The van der Waals surface area contributed by atoms with Crippen LogP contribution in [0.15, 0.2) is 18.2 Å². The van der Waals surface area contributed by atoms with Crippen molar-refractivity contribution in [1.82, 2.24) is 5.32 Å². The number of carbonyl (C=O) groups excluding carboxylic acids is 1. The minimum absolute atomic E-state index is 0.186. The Balaban J connectivity index is 2.50. The third kappa shape index (κ3) is 5.91. The largest absolute Gasteiger partial charge is 0.444 e. The van der Waals surface area contributed by atoms with Crippen LogP contribution >= 0.6 is 0 Å². The number of rotatable bonds is 1. The molecule has 1 amide bonds. The number of amides is 1. The van der Waals surface area contributed by atoms with Crippen molar-refractivity contribution in [2.24, 2.45) is 0 Å². The molecule has 0 aromatic heterocycles. The number of hydrogen-bond donors (Lipinski definition) is 1. The first-order valence-electron chi connectivity index (χ1n) is 6.00. The fraction of sp³-hybridized carbons (Fsp3) is 0.400. The van der Waals surface area contributed by atoms with E-state index in [1.165, 1.54) is 12.1 Å². The quantitative estimate of drug-likeness (QED) is 0.791. The fourth-order valence-corrected chi connectivity index (χ4v) is 1.34. The lowest BCUT2D eigenvalue weighted by Gasteiger charge is -2.19. The van der Waals surface area contributed by atoms with E-state index >= 15 is 0 Å². The highest BCUT2D eigenvalue weighted by Crippen LogP contribution is 2.08. The molecule has 0 saturated heterocycles. The van der Waals surface area contributed by atoms with Gasteiger partial charge in [0.25, 0.3) is 0 Å². The molecule has 1 N–H and O–H groups in total. The van der Waals surface area contributed by atoms with Crippen LogP contribution < -0.4 is 5.32 Å². The highest BCUT2D eigenvalue weighted by atomic mass is 19.1. The van der Waals surface area contributed by atoms with E-state index in [0.29, 0.717) is 0 Å². The van der Waals surface area contributed by atoms with Crippen LogP contribution in [0.2, 0.25) is 0 Å². The van der Waals surface area contributed by atoms with Gasteiger partial charge in [0.2, 0.25) is 0 Å². The molecule has 0 spiro atoms. The Hall–Kier alpha value is -2.02. The second-order valence-corrected chi connectivity index (χ2v) is 5.12. The first kappa shape index (κ1) is 15.0. The average molecular weight is 263 g/mol. The van der Waals surface area contributed by atoms with Gasteiger partial charge in [-0.2, -0.15) is 0 Å². The number of aryl methyl sites for hydroxylation is 1. The van der Waals surface area contributed by atoms with Gasteiger partial charge in [0, 0.05) is 5.56 Å². The summed E-state index contributed by atoms with van der Waals surface area (Å²) < 4.78 is 17.9. The fourth-order valence-electron chi connectivity index (χ4n) is 1.34. The zero-order chi connectivity index (χ0) is 14.5. The Morgan fingerprint density at radius 1 is 1.42 bits per heavy atom. The zero-order valence-electron chi connectivity index (χ0n) is 11.6. The van der Waals surface area contributed by atoms with E-state index in [2.05, 4.69) is 17.2 Å². The summed E-state index contributed by atoms with van der Waals surface area (Å²) in [7, 11) is 0. The van der Waals surface area contributed by atoms with Crippen LogP contribution in [0.1, 0.15) is 31.9 Å². The van der Waals surface area contributed by atoms with Gasteiger partial charge in [0.05, 0.1) is 6.54 Å². The molecule has 0 aliphatic rings. The maximum Gasteiger partial charge on any atom is 0.408 e. The van der Waals surface area contributed by atoms with E-state index in [4.69, 9.17) is 4.74 Å². The molecule has 0 aliphatic carbocycles. The Morgan fingerprint density at radius 3 is 2.68 bits per heavy atom. The van der Waals surface area contributed by atoms with E-state index in [1.807, 2.05) is 0 Å². The van der Waals surface area contributed by atoms with Gasteiger partial charge in [0.1, 0.15) is 11.4 Å². The normalized spacial score (nSPS) is 10.4. The summed E-state index contributed by atoms with van der Waals surface area (Å²) in [6.07, 6.45) is -0.502. The number of ether oxygens (including phenoxy) is 1. The van der Waals surface area contributed by atoms with Crippen LogP contribution in [-0.2, 0) is 4.74 Å². The first-order valence-corrected chi connectivity index (χ1v) is 6.00. The monoisotopic (exact) mass is 263 g/mol. The molecular weight excluding hydrogens is 245 g/mol. The van der Waals surface area contributed by atoms with E-state index in [1.54, 1.807) is 33.8 Å². The van der Waals surface area contributed by atoms with Gasteiger partial charge in [-0.15, -0.1) is 0 Å². The van der Waals surface area contributed by atoms with Gasteiger partial charge in [-0.3, -0.25) is 0 Å². The first-order chi connectivity index (χ1) is 8.78. The van der Waals surface area contributed by atoms with Gasteiger partial charge in [0.15, 0.2) is 0 Å². The molecule has 19 heavy (non-hydrogen) atoms. The maximum absolute atomic E-state index is 12.9. The van der Waals surface area contributed by atoms with Crippen molar-refractivity contribution >= 4 is 6.09 Å². The Kier molecular flexibility index (Phi) is 4.94. The van der Waals surface area contributed by atoms with E-state index in [9.17, 15) is 9.18 Å². The molecule has 0 saturated carbocycles. The summed E-state index contributed by atoms with van der Waals surface area (Å²) in [5.74, 6) is 5.38. The number of carbonyl (C=O) groups is 1. The highest BCUT2D eigenvalue weighted by molar-refractivity contribution is 5.68. The van der Waals surface area contributed by atoms with Gasteiger partial charge in [-0.1, -0.05) is 11.8 Å². The molecule has 0 heterocycles. The van der Waals surface area contributed by atoms with Crippen LogP contribution in [0.5, 0.6) is 0 Å². The van der Waals surface area contributed by atoms with E-state index in [0.717, 1.165) is 11.1 Å². The molecule has 1 aromatic carbocycles. The molecule has 0 aliphatic heterocycles. The minimum atomic E-state index is -0.523. The predicted octanol–water partition coefficient (Wildman–Crippen LogP) is 3.01. The standard InChI is InChI=1S/C15H18FNO2/c1-11-10-13(16)8-7-12(11)6-5-9-17-14(18)19-15(2,3)4/h7-8,10H,9H2,1-4H3,(H,17,18). The van der Waals surface area contributed by atoms with Gasteiger partial charge in [-0.05, 0) is 51.5 Å². The molecule has 0 radical (unpaired) electrons. The van der Waals surface area contributed by atoms with Crippen molar-refractivity contribution in [2.75, 3.05) is 6.54 Å². The van der Waals surface area contributed by atoms with Gasteiger partial charge < -0.3 is 10.1 Å². The topological polar surface area (TPSA) is 38.3 Å².